The Morgan fingerprint density at radius 1 is 1.18 bits per heavy atom. The lowest BCUT2D eigenvalue weighted by Gasteiger charge is -2.77. The van der Waals surface area contributed by atoms with Crippen LogP contribution in [0.1, 0.15) is 47.5 Å². The summed E-state index contributed by atoms with van der Waals surface area (Å²) >= 11 is 0. The van der Waals surface area contributed by atoms with Crippen LogP contribution in [0.3, 0.4) is 0 Å². The Balaban J connectivity index is 2.08. The van der Waals surface area contributed by atoms with Gasteiger partial charge in [-0.15, -0.1) is 0 Å². The van der Waals surface area contributed by atoms with E-state index >= 15 is 0 Å². The molecule has 0 amide bonds. The van der Waals surface area contributed by atoms with Crippen molar-refractivity contribution in [3.63, 3.8) is 0 Å². The van der Waals surface area contributed by atoms with Gasteiger partial charge in [-0.2, -0.15) is 0 Å². The van der Waals surface area contributed by atoms with Crippen LogP contribution in [0.4, 0.5) is 0 Å². The largest absolute Gasteiger partial charge is 0.386 e. The van der Waals surface area contributed by atoms with Crippen LogP contribution in [0.5, 0.6) is 0 Å². The van der Waals surface area contributed by atoms with Gasteiger partial charge in [0.25, 0.3) is 0 Å². The van der Waals surface area contributed by atoms with Crippen LogP contribution >= 0.6 is 0 Å². The number of rotatable bonds is 1. The van der Waals surface area contributed by atoms with Gasteiger partial charge in [-0.1, -0.05) is 39.8 Å². The first-order chi connectivity index (χ1) is 7.74. The molecule has 0 aromatic carbocycles. The molecule has 0 aromatic heterocycles. The first kappa shape index (κ1) is 11.8. The second-order valence-electron chi connectivity index (χ2n) is 7.71. The Bertz CT molecular complexity index is 381. The minimum Gasteiger partial charge on any atom is -0.386 e. The standard InChI is InChI=1S/C16H26O/c1-10(2)11-6-7-15(4)13-12(11)14(15,3)8-9-16(13,5)17/h8-13,17H,6-7H2,1-5H3/t11-,12-,13-,14+,15+,16+/m1/s1. The van der Waals surface area contributed by atoms with Gasteiger partial charge in [0, 0.05) is 5.92 Å². The summed E-state index contributed by atoms with van der Waals surface area (Å²) in [5.74, 6) is 2.71. The molecule has 4 aliphatic rings. The summed E-state index contributed by atoms with van der Waals surface area (Å²) in [4.78, 5) is 0. The second kappa shape index (κ2) is 2.99. The van der Waals surface area contributed by atoms with Crippen molar-refractivity contribution in [1.29, 1.82) is 0 Å². The molecule has 0 spiro atoms. The SMILES string of the molecule is CC(C)[C@H]1CC[C@@]2(C)[C@H]3[C@@H]1[C@]2(C)C=C[C@]3(C)O. The number of hydrogen-bond acceptors (Lipinski definition) is 1. The van der Waals surface area contributed by atoms with Crippen molar-refractivity contribution in [2.24, 2.45) is 34.5 Å². The van der Waals surface area contributed by atoms with E-state index in [2.05, 4.69) is 39.8 Å². The summed E-state index contributed by atoms with van der Waals surface area (Å²) < 4.78 is 0. The van der Waals surface area contributed by atoms with E-state index < -0.39 is 5.60 Å². The smallest absolute Gasteiger partial charge is 0.0836 e. The predicted molar refractivity (Wildman–Crippen MR) is 70.5 cm³/mol. The first-order valence-corrected chi connectivity index (χ1v) is 7.17. The van der Waals surface area contributed by atoms with E-state index in [0.29, 0.717) is 22.7 Å². The predicted octanol–water partition coefficient (Wildman–Crippen LogP) is 3.63. The van der Waals surface area contributed by atoms with Gasteiger partial charge in [0.1, 0.15) is 0 Å². The van der Waals surface area contributed by atoms with Gasteiger partial charge < -0.3 is 5.11 Å². The molecule has 4 aliphatic carbocycles. The normalized spacial score (nSPS) is 60.3. The van der Waals surface area contributed by atoms with Crippen molar-refractivity contribution < 1.29 is 5.11 Å². The lowest BCUT2D eigenvalue weighted by atomic mass is 9.27. The van der Waals surface area contributed by atoms with Crippen LogP contribution in [0.2, 0.25) is 0 Å². The summed E-state index contributed by atoms with van der Waals surface area (Å²) in [6.45, 7) is 11.5. The Morgan fingerprint density at radius 2 is 1.82 bits per heavy atom. The van der Waals surface area contributed by atoms with Gasteiger partial charge in [0.05, 0.1) is 5.60 Å². The maximum Gasteiger partial charge on any atom is 0.0836 e. The summed E-state index contributed by atoms with van der Waals surface area (Å²) in [7, 11) is 0. The summed E-state index contributed by atoms with van der Waals surface area (Å²) in [5, 5.41) is 10.7. The van der Waals surface area contributed by atoms with Crippen LogP contribution in [0, 0.1) is 34.5 Å². The number of hydrogen-bond donors (Lipinski definition) is 1. The summed E-state index contributed by atoms with van der Waals surface area (Å²) in [6, 6.07) is 0. The molecule has 4 bridgehead atoms. The summed E-state index contributed by atoms with van der Waals surface area (Å²) in [5.41, 5.74) is 0.0964. The third-order valence-electron chi connectivity index (χ3n) is 6.68. The Labute approximate surface area is 105 Å². The first-order valence-electron chi connectivity index (χ1n) is 7.17. The Kier molecular flexibility index (Phi) is 2.07. The van der Waals surface area contributed by atoms with Crippen LogP contribution in [0.15, 0.2) is 12.2 Å². The van der Waals surface area contributed by atoms with Crippen molar-refractivity contribution >= 4 is 0 Å². The zero-order chi connectivity index (χ0) is 12.6. The molecule has 6 atom stereocenters. The van der Waals surface area contributed by atoms with Crippen molar-refractivity contribution in [3.05, 3.63) is 12.2 Å². The molecule has 0 unspecified atom stereocenters. The number of aliphatic hydroxyl groups is 1. The maximum atomic E-state index is 10.7. The number of allylic oxidation sites excluding steroid dienone is 1. The van der Waals surface area contributed by atoms with E-state index in [4.69, 9.17) is 0 Å². The third-order valence-corrected chi connectivity index (χ3v) is 6.68. The van der Waals surface area contributed by atoms with Gasteiger partial charge in [-0.3, -0.25) is 0 Å². The Morgan fingerprint density at radius 3 is 2.41 bits per heavy atom. The minimum absolute atomic E-state index is 0.335. The van der Waals surface area contributed by atoms with Gasteiger partial charge >= 0.3 is 0 Å². The fourth-order valence-corrected chi connectivity index (χ4v) is 5.63. The molecular weight excluding hydrogens is 208 g/mol. The van der Waals surface area contributed by atoms with E-state index in [1.807, 2.05) is 6.92 Å². The fourth-order valence-electron chi connectivity index (χ4n) is 5.63. The zero-order valence-corrected chi connectivity index (χ0v) is 11.8. The molecule has 96 valence electrons. The van der Waals surface area contributed by atoms with Crippen LogP contribution in [-0.4, -0.2) is 10.7 Å². The molecule has 0 aromatic rings. The van der Waals surface area contributed by atoms with Crippen molar-refractivity contribution in [2.45, 2.75) is 53.1 Å². The molecule has 3 fully saturated rings. The molecule has 3 saturated carbocycles. The molecule has 17 heavy (non-hydrogen) atoms. The lowest BCUT2D eigenvalue weighted by molar-refractivity contribution is -0.286. The molecule has 0 aliphatic heterocycles. The molecule has 4 rings (SSSR count). The van der Waals surface area contributed by atoms with Crippen LogP contribution in [0.25, 0.3) is 0 Å². The van der Waals surface area contributed by atoms with Gasteiger partial charge in [0.15, 0.2) is 0 Å². The topological polar surface area (TPSA) is 20.2 Å². The fraction of sp³-hybridized carbons (Fsp3) is 0.875. The average molecular weight is 234 g/mol. The highest BCUT2D eigenvalue weighted by Gasteiger charge is 2.74. The second-order valence-corrected chi connectivity index (χ2v) is 7.71. The van der Waals surface area contributed by atoms with Crippen molar-refractivity contribution in [2.75, 3.05) is 0 Å². The maximum absolute atomic E-state index is 10.7. The molecule has 1 nitrogen and oxygen atoms in total. The quantitative estimate of drug-likeness (QED) is 0.687. The van der Waals surface area contributed by atoms with Gasteiger partial charge in [-0.05, 0) is 48.3 Å². The highest BCUT2D eigenvalue weighted by molar-refractivity contribution is 5.34. The van der Waals surface area contributed by atoms with Crippen molar-refractivity contribution in [3.8, 4) is 0 Å². The van der Waals surface area contributed by atoms with E-state index in [9.17, 15) is 5.11 Å². The van der Waals surface area contributed by atoms with Crippen LogP contribution < -0.4 is 0 Å². The summed E-state index contributed by atoms with van der Waals surface area (Å²) in [6.07, 6.45) is 7.05. The minimum atomic E-state index is -0.579. The molecule has 1 heteroatoms. The molecule has 1 N–H and O–H groups in total. The van der Waals surface area contributed by atoms with E-state index in [-0.39, 0.29) is 0 Å². The Hall–Kier alpha value is -0.300. The monoisotopic (exact) mass is 234 g/mol. The molecule has 0 saturated heterocycles. The lowest BCUT2D eigenvalue weighted by Crippen LogP contribution is -2.75. The van der Waals surface area contributed by atoms with Crippen LogP contribution in [-0.2, 0) is 0 Å². The molecule has 0 radical (unpaired) electrons. The highest BCUT2D eigenvalue weighted by atomic mass is 16.3. The number of fused-ring (bicyclic) bond motifs is 2. The van der Waals surface area contributed by atoms with Crippen molar-refractivity contribution in [1.82, 2.24) is 0 Å². The van der Waals surface area contributed by atoms with Gasteiger partial charge in [0.2, 0.25) is 0 Å². The van der Waals surface area contributed by atoms with E-state index in [1.165, 1.54) is 12.8 Å². The van der Waals surface area contributed by atoms with Gasteiger partial charge in [-0.25, -0.2) is 0 Å². The highest BCUT2D eigenvalue weighted by Crippen LogP contribution is 2.78. The molecular formula is C16H26O. The van der Waals surface area contributed by atoms with E-state index in [0.717, 1.165) is 11.8 Å². The average Bonchev–Trinajstić information content (AvgIpc) is 2.22. The molecule has 0 heterocycles. The zero-order valence-electron chi connectivity index (χ0n) is 11.8. The third kappa shape index (κ3) is 1.10. The van der Waals surface area contributed by atoms with E-state index in [1.54, 1.807) is 0 Å².